The second-order valence-electron chi connectivity index (χ2n) is 5.39. The van der Waals surface area contributed by atoms with E-state index in [0.717, 1.165) is 29.8 Å². The molecule has 0 spiro atoms. The molecule has 1 aromatic heterocycles. The molecule has 1 aromatic carbocycles. The first-order chi connectivity index (χ1) is 10.1. The molecule has 1 aliphatic rings. The molecule has 0 radical (unpaired) electrons. The molecule has 0 atom stereocenters. The highest BCUT2D eigenvalue weighted by molar-refractivity contribution is 5.49. The number of non-ortho nitro benzene ring substituents is 1. The molecule has 0 amide bonds. The van der Waals surface area contributed by atoms with Crippen LogP contribution >= 0.6 is 0 Å². The summed E-state index contributed by atoms with van der Waals surface area (Å²) in [6.45, 7) is 2.24. The summed E-state index contributed by atoms with van der Waals surface area (Å²) < 4.78 is 1.73. The number of benzene rings is 1. The normalized spacial score (nSPS) is 15.0. The van der Waals surface area contributed by atoms with E-state index in [9.17, 15) is 10.1 Å². The van der Waals surface area contributed by atoms with Gasteiger partial charge in [0.05, 0.1) is 16.3 Å². The van der Waals surface area contributed by atoms with Crippen molar-refractivity contribution in [3.8, 4) is 5.69 Å². The van der Waals surface area contributed by atoms with Crippen molar-refractivity contribution in [3.63, 3.8) is 0 Å². The first kappa shape index (κ1) is 13.7. The van der Waals surface area contributed by atoms with Gasteiger partial charge in [0.15, 0.2) is 0 Å². The van der Waals surface area contributed by atoms with Crippen molar-refractivity contribution in [1.82, 2.24) is 15.0 Å². The van der Waals surface area contributed by atoms with E-state index in [1.807, 2.05) is 6.92 Å². The van der Waals surface area contributed by atoms with Crippen LogP contribution in [-0.4, -0.2) is 19.9 Å². The fraction of sp³-hybridized carbons (Fsp3) is 0.429. The number of rotatable bonds is 4. The molecule has 7 heteroatoms. The third-order valence-corrected chi connectivity index (χ3v) is 4.10. The maximum absolute atomic E-state index is 11.0. The molecule has 1 heterocycles. The summed E-state index contributed by atoms with van der Waals surface area (Å²) in [5.74, 6) is 0.400. The highest BCUT2D eigenvalue weighted by Crippen LogP contribution is 2.38. The summed E-state index contributed by atoms with van der Waals surface area (Å²) in [4.78, 5) is 10.6. The number of hydrogen-bond acceptors (Lipinski definition) is 5. The lowest BCUT2D eigenvalue weighted by Gasteiger charge is -2.26. The number of nitro groups is 1. The standard InChI is InChI=1S/C14H17N5O2/c1-9-5-6-11(19(20)21)7-13(9)18-14(10-3-2-4-10)12(8-15)16-17-18/h5-7,10H,2-4,8,15H2,1H3. The van der Waals surface area contributed by atoms with Crippen LogP contribution in [0.4, 0.5) is 5.69 Å². The number of nitrogens with two attached hydrogens (primary N) is 1. The number of nitrogens with zero attached hydrogens (tertiary/aromatic N) is 4. The minimum absolute atomic E-state index is 0.0555. The van der Waals surface area contributed by atoms with Gasteiger partial charge in [0.2, 0.25) is 0 Å². The zero-order valence-electron chi connectivity index (χ0n) is 11.8. The minimum Gasteiger partial charge on any atom is -0.325 e. The Balaban J connectivity index is 2.14. The topological polar surface area (TPSA) is 99.9 Å². The van der Waals surface area contributed by atoms with Crippen molar-refractivity contribution in [2.24, 2.45) is 5.73 Å². The Morgan fingerprint density at radius 3 is 2.81 bits per heavy atom. The van der Waals surface area contributed by atoms with E-state index in [-0.39, 0.29) is 5.69 Å². The Labute approximate surface area is 121 Å². The summed E-state index contributed by atoms with van der Waals surface area (Å²) in [5, 5.41) is 19.3. The van der Waals surface area contributed by atoms with Gasteiger partial charge in [0.1, 0.15) is 5.69 Å². The summed E-state index contributed by atoms with van der Waals surface area (Å²) in [6.07, 6.45) is 3.37. The third-order valence-electron chi connectivity index (χ3n) is 4.10. The van der Waals surface area contributed by atoms with Crippen LogP contribution < -0.4 is 5.73 Å². The number of aryl methyl sites for hydroxylation is 1. The molecule has 1 fully saturated rings. The van der Waals surface area contributed by atoms with E-state index in [4.69, 9.17) is 5.73 Å². The Morgan fingerprint density at radius 2 is 2.24 bits per heavy atom. The first-order valence-corrected chi connectivity index (χ1v) is 7.01. The molecular weight excluding hydrogens is 270 g/mol. The van der Waals surface area contributed by atoms with Gasteiger partial charge in [0, 0.05) is 24.6 Å². The van der Waals surface area contributed by atoms with Gasteiger partial charge in [-0.15, -0.1) is 5.10 Å². The smallest absolute Gasteiger partial charge is 0.271 e. The van der Waals surface area contributed by atoms with Crippen LogP contribution in [0.1, 0.15) is 42.1 Å². The first-order valence-electron chi connectivity index (χ1n) is 7.01. The predicted octanol–water partition coefficient (Wildman–Crippen LogP) is 2.21. The van der Waals surface area contributed by atoms with Crippen molar-refractivity contribution in [2.45, 2.75) is 38.6 Å². The largest absolute Gasteiger partial charge is 0.325 e. The molecule has 2 N–H and O–H groups in total. The maximum Gasteiger partial charge on any atom is 0.271 e. The summed E-state index contributed by atoms with van der Waals surface area (Å²) >= 11 is 0. The Bertz CT molecular complexity index is 691. The van der Waals surface area contributed by atoms with E-state index in [2.05, 4.69) is 10.3 Å². The van der Waals surface area contributed by atoms with Crippen molar-refractivity contribution < 1.29 is 4.92 Å². The Hall–Kier alpha value is -2.28. The lowest BCUT2D eigenvalue weighted by molar-refractivity contribution is -0.384. The van der Waals surface area contributed by atoms with E-state index < -0.39 is 4.92 Å². The zero-order chi connectivity index (χ0) is 15.0. The van der Waals surface area contributed by atoms with Gasteiger partial charge in [-0.1, -0.05) is 17.7 Å². The number of nitro benzene ring substituents is 1. The monoisotopic (exact) mass is 287 g/mol. The van der Waals surface area contributed by atoms with Crippen molar-refractivity contribution >= 4 is 5.69 Å². The second kappa shape index (κ2) is 5.25. The van der Waals surface area contributed by atoms with Gasteiger partial charge < -0.3 is 5.73 Å². The van der Waals surface area contributed by atoms with Gasteiger partial charge >= 0.3 is 0 Å². The summed E-state index contributed by atoms with van der Waals surface area (Å²) in [7, 11) is 0. The molecule has 7 nitrogen and oxygen atoms in total. The molecule has 110 valence electrons. The number of aromatic nitrogens is 3. The van der Waals surface area contributed by atoms with Gasteiger partial charge in [0.25, 0.3) is 5.69 Å². The van der Waals surface area contributed by atoms with Crippen molar-refractivity contribution in [1.29, 1.82) is 0 Å². The van der Waals surface area contributed by atoms with Gasteiger partial charge in [-0.25, -0.2) is 4.68 Å². The average molecular weight is 287 g/mol. The van der Waals surface area contributed by atoms with E-state index >= 15 is 0 Å². The average Bonchev–Trinajstić information content (AvgIpc) is 2.80. The minimum atomic E-state index is -0.396. The number of hydrogen-bond donors (Lipinski definition) is 1. The third kappa shape index (κ3) is 2.29. The van der Waals surface area contributed by atoms with E-state index in [1.165, 1.54) is 12.5 Å². The highest BCUT2D eigenvalue weighted by atomic mass is 16.6. The Morgan fingerprint density at radius 1 is 1.48 bits per heavy atom. The molecule has 0 bridgehead atoms. The molecule has 21 heavy (non-hydrogen) atoms. The lowest BCUT2D eigenvalue weighted by atomic mass is 9.82. The predicted molar refractivity (Wildman–Crippen MR) is 77.2 cm³/mol. The van der Waals surface area contributed by atoms with Gasteiger partial charge in [-0.05, 0) is 25.3 Å². The van der Waals surface area contributed by atoms with Crippen LogP contribution in [0, 0.1) is 17.0 Å². The molecule has 0 unspecified atom stereocenters. The second-order valence-corrected chi connectivity index (χ2v) is 5.39. The molecule has 0 aliphatic heterocycles. The molecule has 2 aromatic rings. The maximum atomic E-state index is 11.0. The van der Waals surface area contributed by atoms with Crippen LogP contribution in [0.3, 0.4) is 0 Å². The highest BCUT2D eigenvalue weighted by Gasteiger charge is 2.28. The van der Waals surface area contributed by atoms with Crippen LogP contribution in [0.15, 0.2) is 18.2 Å². The quantitative estimate of drug-likeness (QED) is 0.686. The lowest BCUT2D eigenvalue weighted by Crippen LogP contribution is -2.17. The summed E-state index contributed by atoms with van der Waals surface area (Å²) in [5.41, 5.74) is 9.23. The van der Waals surface area contributed by atoms with Gasteiger partial charge in [-0.2, -0.15) is 0 Å². The zero-order valence-corrected chi connectivity index (χ0v) is 11.8. The summed E-state index contributed by atoms with van der Waals surface area (Å²) in [6, 6.07) is 4.79. The molecule has 1 aliphatic carbocycles. The van der Waals surface area contributed by atoms with Crippen molar-refractivity contribution in [3.05, 3.63) is 45.3 Å². The molecule has 3 rings (SSSR count). The van der Waals surface area contributed by atoms with Crippen LogP contribution in [0.25, 0.3) is 5.69 Å². The molecule has 1 saturated carbocycles. The Kier molecular flexibility index (Phi) is 3.42. The van der Waals surface area contributed by atoms with E-state index in [1.54, 1.807) is 16.8 Å². The van der Waals surface area contributed by atoms with Crippen LogP contribution in [-0.2, 0) is 6.54 Å². The van der Waals surface area contributed by atoms with Crippen LogP contribution in [0.2, 0.25) is 0 Å². The van der Waals surface area contributed by atoms with Crippen LogP contribution in [0.5, 0.6) is 0 Å². The van der Waals surface area contributed by atoms with Crippen molar-refractivity contribution in [2.75, 3.05) is 0 Å². The van der Waals surface area contributed by atoms with E-state index in [0.29, 0.717) is 18.2 Å². The fourth-order valence-electron chi connectivity index (χ4n) is 2.67. The SMILES string of the molecule is Cc1ccc([N+](=O)[O-])cc1-n1nnc(CN)c1C1CCC1. The molecular formula is C14H17N5O2. The fourth-order valence-corrected chi connectivity index (χ4v) is 2.67. The molecule has 0 saturated heterocycles. The van der Waals surface area contributed by atoms with Gasteiger partial charge in [-0.3, -0.25) is 10.1 Å².